The van der Waals surface area contributed by atoms with Crippen molar-refractivity contribution in [3.8, 4) is 5.75 Å². The molecule has 0 heterocycles. The summed E-state index contributed by atoms with van der Waals surface area (Å²) in [6.45, 7) is 7.34. The van der Waals surface area contributed by atoms with Crippen LogP contribution in [-0.4, -0.2) is 33.7 Å². The molecule has 146 valence electrons. The molecule has 0 aliphatic rings. The van der Waals surface area contributed by atoms with Crippen molar-refractivity contribution >= 4 is 27.3 Å². The molecule has 0 aliphatic heterocycles. The van der Waals surface area contributed by atoms with Crippen molar-refractivity contribution in [3.63, 3.8) is 0 Å². The van der Waals surface area contributed by atoms with Crippen LogP contribution < -0.4 is 14.4 Å². The van der Waals surface area contributed by atoms with Crippen LogP contribution in [0.25, 0.3) is 0 Å². The van der Waals surface area contributed by atoms with E-state index in [0.29, 0.717) is 17.1 Å². The lowest BCUT2D eigenvalue weighted by Crippen LogP contribution is -2.45. The van der Waals surface area contributed by atoms with E-state index in [9.17, 15) is 13.2 Å². The Morgan fingerprint density at radius 2 is 1.74 bits per heavy atom. The molecular formula is C20H26N2O4S. The van der Waals surface area contributed by atoms with E-state index < -0.39 is 22.0 Å². The predicted octanol–water partition coefficient (Wildman–Crippen LogP) is 3.41. The zero-order chi connectivity index (χ0) is 20.4. The van der Waals surface area contributed by atoms with E-state index in [-0.39, 0.29) is 0 Å². The predicted molar refractivity (Wildman–Crippen MR) is 109 cm³/mol. The molecular weight excluding hydrogens is 364 g/mol. The summed E-state index contributed by atoms with van der Waals surface area (Å²) in [5, 5.41) is 2.80. The number of methoxy groups -OCH3 is 1. The Kier molecular flexibility index (Phi) is 6.15. The van der Waals surface area contributed by atoms with E-state index in [0.717, 1.165) is 27.3 Å². The minimum atomic E-state index is -3.73. The van der Waals surface area contributed by atoms with Crippen LogP contribution in [-0.2, 0) is 14.8 Å². The summed E-state index contributed by atoms with van der Waals surface area (Å²) in [6, 6.07) is 9.81. The Labute approximate surface area is 161 Å². The maximum absolute atomic E-state index is 12.8. The van der Waals surface area contributed by atoms with E-state index in [1.54, 1.807) is 25.1 Å². The van der Waals surface area contributed by atoms with Crippen molar-refractivity contribution in [1.29, 1.82) is 0 Å². The number of ether oxygens (including phenoxy) is 1. The number of aryl methyl sites for hydroxylation is 3. The molecule has 1 amide bonds. The van der Waals surface area contributed by atoms with Crippen molar-refractivity contribution in [2.24, 2.45) is 0 Å². The number of nitrogens with one attached hydrogen (secondary N) is 1. The van der Waals surface area contributed by atoms with Gasteiger partial charge in [0.2, 0.25) is 15.9 Å². The van der Waals surface area contributed by atoms with E-state index in [1.165, 1.54) is 7.11 Å². The minimum Gasteiger partial charge on any atom is -0.495 e. The zero-order valence-corrected chi connectivity index (χ0v) is 17.3. The second kappa shape index (κ2) is 8.00. The van der Waals surface area contributed by atoms with Crippen LogP contribution in [0.4, 0.5) is 11.4 Å². The molecule has 0 spiro atoms. The van der Waals surface area contributed by atoms with Crippen LogP contribution in [0.15, 0.2) is 36.4 Å². The number of hydrogen-bond acceptors (Lipinski definition) is 4. The quantitative estimate of drug-likeness (QED) is 0.820. The molecule has 2 aromatic rings. The van der Waals surface area contributed by atoms with Gasteiger partial charge in [0.15, 0.2) is 0 Å². The van der Waals surface area contributed by atoms with Crippen LogP contribution >= 0.6 is 0 Å². The first kappa shape index (κ1) is 20.8. The van der Waals surface area contributed by atoms with Gasteiger partial charge in [0.05, 0.1) is 19.1 Å². The Morgan fingerprint density at radius 1 is 1.07 bits per heavy atom. The first-order valence-corrected chi connectivity index (χ1v) is 10.4. The summed E-state index contributed by atoms with van der Waals surface area (Å²) < 4.78 is 31.4. The number of hydrogen-bond donors (Lipinski definition) is 1. The normalized spacial score (nSPS) is 12.4. The number of benzene rings is 2. The molecule has 6 nitrogen and oxygen atoms in total. The third-order valence-corrected chi connectivity index (χ3v) is 5.66. The number of nitrogens with zero attached hydrogens (tertiary/aromatic N) is 1. The van der Waals surface area contributed by atoms with Crippen LogP contribution in [0.1, 0.15) is 23.6 Å². The average Bonchev–Trinajstić information content (AvgIpc) is 2.57. The van der Waals surface area contributed by atoms with E-state index in [4.69, 9.17) is 4.74 Å². The summed E-state index contributed by atoms with van der Waals surface area (Å²) in [5.74, 6) is -0.0379. The van der Waals surface area contributed by atoms with Gasteiger partial charge in [0, 0.05) is 5.69 Å². The van der Waals surface area contributed by atoms with Crippen molar-refractivity contribution in [1.82, 2.24) is 0 Å². The number of carbonyl (C=O) groups is 1. The lowest BCUT2D eigenvalue weighted by Gasteiger charge is -2.29. The van der Waals surface area contributed by atoms with Gasteiger partial charge in [-0.1, -0.05) is 12.1 Å². The van der Waals surface area contributed by atoms with E-state index >= 15 is 0 Å². The van der Waals surface area contributed by atoms with Crippen LogP contribution in [0.3, 0.4) is 0 Å². The fourth-order valence-electron chi connectivity index (χ4n) is 2.82. The number of sulfonamides is 1. The summed E-state index contributed by atoms with van der Waals surface area (Å²) in [6.07, 6.45) is 1.08. The first-order chi connectivity index (χ1) is 12.5. The monoisotopic (exact) mass is 390 g/mol. The topological polar surface area (TPSA) is 75.7 Å². The molecule has 2 rings (SSSR count). The van der Waals surface area contributed by atoms with E-state index in [1.807, 2.05) is 39.0 Å². The summed E-state index contributed by atoms with van der Waals surface area (Å²) in [5.41, 5.74) is 3.98. The third kappa shape index (κ3) is 4.80. The van der Waals surface area contributed by atoms with Gasteiger partial charge < -0.3 is 10.1 Å². The molecule has 0 saturated heterocycles. The molecule has 1 atom stereocenters. The molecule has 0 bridgehead atoms. The van der Waals surface area contributed by atoms with Crippen molar-refractivity contribution in [2.75, 3.05) is 23.0 Å². The maximum Gasteiger partial charge on any atom is 0.247 e. The lowest BCUT2D eigenvalue weighted by molar-refractivity contribution is -0.116. The minimum absolute atomic E-state index is 0.336. The van der Waals surface area contributed by atoms with Crippen molar-refractivity contribution < 1.29 is 17.9 Å². The SMILES string of the molecule is COc1ccc(C)cc1N([C@H](C)C(=O)Nc1ccc(C)c(C)c1)S(C)(=O)=O. The van der Waals surface area contributed by atoms with Gasteiger partial charge in [0.1, 0.15) is 11.8 Å². The lowest BCUT2D eigenvalue weighted by atomic mass is 10.1. The van der Waals surface area contributed by atoms with Crippen LogP contribution in [0.2, 0.25) is 0 Å². The van der Waals surface area contributed by atoms with Crippen LogP contribution in [0.5, 0.6) is 5.75 Å². The molecule has 2 aromatic carbocycles. The molecule has 0 aromatic heterocycles. The van der Waals surface area contributed by atoms with Gasteiger partial charge in [-0.3, -0.25) is 9.10 Å². The number of carbonyl (C=O) groups excluding carboxylic acids is 1. The average molecular weight is 391 g/mol. The molecule has 27 heavy (non-hydrogen) atoms. The highest BCUT2D eigenvalue weighted by atomic mass is 32.2. The highest BCUT2D eigenvalue weighted by Gasteiger charge is 2.31. The summed E-state index contributed by atoms with van der Waals surface area (Å²) in [4.78, 5) is 12.8. The molecule has 0 radical (unpaired) electrons. The largest absolute Gasteiger partial charge is 0.495 e. The molecule has 0 aliphatic carbocycles. The van der Waals surface area contributed by atoms with Gasteiger partial charge in [0.25, 0.3) is 0 Å². The highest BCUT2D eigenvalue weighted by molar-refractivity contribution is 7.92. The number of rotatable bonds is 6. The Bertz CT molecular complexity index is 954. The summed E-state index contributed by atoms with van der Waals surface area (Å²) in [7, 11) is -2.26. The number of amides is 1. The number of anilines is 2. The fraction of sp³-hybridized carbons (Fsp3) is 0.350. The highest BCUT2D eigenvalue weighted by Crippen LogP contribution is 2.32. The molecule has 0 saturated carbocycles. The molecule has 0 fully saturated rings. The zero-order valence-electron chi connectivity index (χ0n) is 16.5. The van der Waals surface area contributed by atoms with E-state index in [2.05, 4.69) is 5.32 Å². The van der Waals surface area contributed by atoms with Gasteiger partial charge >= 0.3 is 0 Å². The van der Waals surface area contributed by atoms with Crippen molar-refractivity contribution in [2.45, 2.75) is 33.7 Å². The fourth-order valence-corrected chi connectivity index (χ4v) is 3.99. The standard InChI is InChI=1S/C20H26N2O4S/c1-13-7-10-19(26-5)18(11-13)22(27(6,24)25)16(4)20(23)21-17-9-8-14(2)15(3)12-17/h7-12,16H,1-6H3,(H,21,23)/t16-/m1/s1. The second-order valence-corrected chi connectivity index (χ2v) is 8.56. The van der Waals surface area contributed by atoms with Crippen molar-refractivity contribution in [3.05, 3.63) is 53.1 Å². The van der Waals surface area contributed by atoms with Gasteiger partial charge in [-0.05, 0) is 68.7 Å². The second-order valence-electron chi connectivity index (χ2n) is 6.70. The third-order valence-electron chi connectivity index (χ3n) is 4.43. The van der Waals surface area contributed by atoms with Crippen LogP contribution in [0, 0.1) is 20.8 Å². The van der Waals surface area contributed by atoms with Gasteiger partial charge in [-0.15, -0.1) is 0 Å². The smallest absolute Gasteiger partial charge is 0.247 e. The Morgan fingerprint density at radius 3 is 2.30 bits per heavy atom. The Hall–Kier alpha value is -2.54. The Balaban J connectivity index is 2.41. The molecule has 1 N–H and O–H groups in total. The van der Waals surface area contributed by atoms with Gasteiger partial charge in [-0.25, -0.2) is 8.42 Å². The molecule has 7 heteroatoms. The molecule has 0 unspecified atom stereocenters. The summed E-state index contributed by atoms with van der Waals surface area (Å²) >= 11 is 0. The maximum atomic E-state index is 12.8. The first-order valence-electron chi connectivity index (χ1n) is 8.56. The van der Waals surface area contributed by atoms with Gasteiger partial charge in [-0.2, -0.15) is 0 Å².